The third-order valence-electron chi connectivity index (χ3n) is 5.02. The monoisotopic (exact) mass is 452 g/mol. The fourth-order valence-electron chi connectivity index (χ4n) is 3.16. The average Bonchev–Trinajstić information content (AvgIpc) is 2.83. The van der Waals surface area contributed by atoms with Crippen LogP contribution >= 0.6 is 23.2 Å². The van der Waals surface area contributed by atoms with Gasteiger partial charge in [-0.3, -0.25) is 0 Å². The van der Waals surface area contributed by atoms with Crippen molar-refractivity contribution >= 4 is 59.7 Å². The first kappa shape index (κ1) is 21.9. The summed E-state index contributed by atoms with van der Waals surface area (Å²) in [5.41, 5.74) is 6.92. The quantitative estimate of drug-likeness (QED) is 0.255. The van der Waals surface area contributed by atoms with Crippen LogP contribution in [-0.2, 0) is 0 Å². The third kappa shape index (κ3) is 6.59. The van der Waals surface area contributed by atoms with Gasteiger partial charge in [-0.25, -0.2) is 0 Å². The number of hydrogen-bond acceptors (Lipinski definition) is 0. The van der Waals surface area contributed by atoms with Gasteiger partial charge in [-0.05, 0) is 57.6 Å². The van der Waals surface area contributed by atoms with E-state index in [-0.39, 0.29) is 0 Å². The van der Waals surface area contributed by atoms with Gasteiger partial charge in [0.05, 0.1) is 0 Å². The number of hydrogen-bond donors (Lipinski definition) is 0. The molecule has 0 saturated carbocycles. The lowest BCUT2D eigenvalue weighted by atomic mass is 10.1. The van der Waals surface area contributed by atoms with Crippen molar-refractivity contribution < 1.29 is 0 Å². The Morgan fingerprint density at radius 2 is 0.438 bits per heavy atom. The molecular weight excluding hydrogens is 431 g/mol. The minimum Gasteiger partial charge on any atom is -0.0843 e. The summed E-state index contributed by atoms with van der Waals surface area (Å²) in [7, 11) is 0. The molecule has 32 heavy (non-hydrogen) atoms. The lowest BCUT2D eigenvalue weighted by Crippen LogP contribution is -1.77. The molecule has 4 aromatic carbocycles. The van der Waals surface area contributed by atoms with Crippen LogP contribution in [0.1, 0.15) is 33.4 Å². The first-order valence-electron chi connectivity index (χ1n) is 10.4. The Morgan fingerprint density at radius 3 is 0.625 bits per heavy atom. The number of halogens is 2. The molecule has 156 valence electrons. The molecule has 0 atom stereocenters. The molecular formula is C30H22Cl2. The van der Waals surface area contributed by atoms with Crippen molar-refractivity contribution in [1.82, 2.24) is 0 Å². The van der Waals surface area contributed by atoms with Gasteiger partial charge in [0.1, 0.15) is 0 Å². The first-order chi connectivity index (χ1) is 15.6. The van der Waals surface area contributed by atoms with Gasteiger partial charge in [0.2, 0.25) is 0 Å². The van der Waals surface area contributed by atoms with E-state index in [0.717, 1.165) is 32.3 Å². The van der Waals surface area contributed by atoms with Crippen molar-refractivity contribution in [1.29, 1.82) is 0 Å². The largest absolute Gasteiger partial charge is 0.0843 e. The molecule has 0 aromatic heterocycles. The molecule has 0 unspecified atom stereocenters. The molecule has 0 saturated heterocycles. The van der Waals surface area contributed by atoms with Crippen LogP contribution in [-0.4, -0.2) is 0 Å². The zero-order chi connectivity index (χ0) is 22.2. The van der Waals surface area contributed by atoms with Gasteiger partial charge in [-0.1, -0.05) is 132 Å². The van der Waals surface area contributed by atoms with Gasteiger partial charge in [0, 0.05) is 10.0 Å². The van der Waals surface area contributed by atoms with Crippen molar-refractivity contribution in [2.75, 3.05) is 0 Å². The van der Waals surface area contributed by atoms with Gasteiger partial charge in [0.15, 0.2) is 0 Å². The molecule has 2 heteroatoms. The number of rotatable bonds is 6. The van der Waals surface area contributed by atoms with Crippen molar-refractivity contribution in [2.24, 2.45) is 0 Å². The highest BCUT2D eigenvalue weighted by atomic mass is 35.5. The highest BCUT2D eigenvalue weighted by Gasteiger charge is 1.93. The zero-order valence-corrected chi connectivity index (χ0v) is 19.0. The zero-order valence-electron chi connectivity index (χ0n) is 17.5. The fraction of sp³-hybridized carbons (Fsp3) is 0. The molecule has 0 heterocycles. The van der Waals surface area contributed by atoms with Crippen LogP contribution in [0.15, 0.2) is 97.1 Å². The normalized spacial score (nSPS) is 11.7. The van der Waals surface area contributed by atoms with Crippen LogP contribution in [0, 0.1) is 0 Å². The maximum absolute atomic E-state index is 5.93. The first-order valence-corrected chi connectivity index (χ1v) is 11.2. The third-order valence-corrected chi connectivity index (χ3v) is 5.52. The SMILES string of the molecule is Clc1ccc(/C=C/c2ccc(/C=C/c3ccc(/C=C/c4ccc(Cl)cc4)cc3)cc2)cc1. The van der Waals surface area contributed by atoms with E-state index in [1.165, 1.54) is 11.1 Å². The van der Waals surface area contributed by atoms with E-state index in [2.05, 4.69) is 85.0 Å². The maximum Gasteiger partial charge on any atom is 0.0406 e. The Bertz CT molecular complexity index is 1130. The summed E-state index contributed by atoms with van der Waals surface area (Å²) in [6.07, 6.45) is 12.6. The van der Waals surface area contributed by atoms with E-state index in [1.54, 1.807) is 0 Å². The second kappa shape index (κ2) is 10.8. The Morgan fingerprint density at radius 1 is 0.281 bits per heavy atom. The summed E-state index contributed by atoms with van der Waals surface area (Å²) in [6.45, 7) is 0. The maximum atomic E-state index is 5.93. The second-order valence-electron chi connectivity index (χ2n) is 7.44. The molecule has 0 aliphatic rings. The molecule has 0 aliphatic carbocycles. The van der Waals surface area contributed by atoms with Crippen LogP contribution in [0.25, 0.3) is 36.5 Å². The Kier molecular flexibility index (Phi) is 7.40. The Balaban J connectivity index is 1.35. The molecule has 0 radical (unpaired) electrons. The predicted molar refractivity (Wildman–Crippen MR) is 143 cm³/mol. The van der Waals surface area contributed by atoms with Gasteiger partial charge >= 0.3 is 0 Å². The van der Waals surface area contributed by atoms with Gasteiger partial charge in [0.25, 0.3) is 0 Å². The summed E-state index contributed by atoms with van der Waals surface area (Å²) in [4.78, 5) is 0. The summed E-state index contributed by atoms with van der Waals surface area (Å²) in [5, 5.41) is 1.50. The molecule has 0 N–H and O–H groups in total. The summed E-state index contributed by atoms with van der Waals surface area (Å²) >= 11 is 11.9. The molecule has 0 bridgehead atoms. The van der Waals surface area contributed by atoms with Gasteiger partial charge < -0.3 is 0 Å². The standard InChI is InChI=1S/C30H22Cl2/c31-29-19-15-27(16-20-29)13-11-25-7-3-23(4-8-25)1-2-24-5-9-26(10-6-24)12-14-28-17-21-30(32)22-18-28/h1-22H/b2-1+,13-11+,14-12+. The van der Waals surface area contributed by atoms with Crippen molar-refractivity contribution in [3.05, 3.63) is 140 Å². The fourth-order valence-corrected chi connectivity index (χ4v) is 3.41. The highest BCUT2D eigenvalue weighted by Crippen LogP contribution is 2.16. The average molecular weight is 453 g/mol. The van der Waals surface area contributed by atoms with E-state index >= 15 is 0 Å². The number of benzene rings is 4. The van der Waals surface area contributed by atoms with Crippen LogP contribution in [0.2, 0.25) is 10.0 Å². The summed E-state index contributed by atoms with van der Waals surface area (Å²) in [6, 6.07) is 32.6. The molecule has 4 rings (SSSR count). The van der Waals surface area contributed by atoms with Crippen molar-refractivity contribution in [3.63, 3.8) is 0 Å². The summed E-state index contributed by atoms with van der Waals surface area (Å²) in [5.74, 6) is 0. The lowest BCUT2D eigenvalue weighted by molar-refractivity contribution is 1.60. The Hall–Kier alpha value is -3.32. The molecule has 0 aliphatic heterocycles. The lowest BCUT2D eigenvalue weighted by Gasteiger charge is -1.99. The van der Waals surface area contributed by atoms with Crippen molar-refractivity contribution in [3.8, 4) is 0 Å². The van der Waals surface area contributed by atoms with E-state index in [9.17, 15) is 0 Å². The van der Waals surface area contributed by atoms with Gasteiger partial charge in [-0.15, -0.1) is 0 Å². The molecule has 0 nitrogen and oxygen atoms in total. The van der Waals surface area contributed by atoms with Crippen LogP contribution < -0.4 is 0 Å². The van der Waals surface area contributed by atoms with Crippen LogP contribution in [0.3, 0.4) is 0 Å². The van der Waals surface area contributed by atoms with Gasteiger partial charge in [-0.2, -0.15) is 0 Å². The van der Waals surface area contributed by atoms with Crippen molar-refractivity contribution in [2.45, 2.75) is 0 Å². The topological polar surface area (TPSA) is 0 Å². The summed E-state index contributed by atoms with van der Waals surface area (Å²) < 4.78 is 0. The van der Waals surface area contributed by atoms with E-state index in [4.69, 9.17) is 23.2 Å². The van der Waals surface area contributed by atoms with Crippen LogP contribution in [0.5, 0.6) is 0 Å². The minimum absolute atomic E-state index is 0.752. The van der Waals surface area contributed by atoms with E-state index < -0.39 is 0 Å². The van der Waals surface area contributed by atoms with E-state index in [1.807, 2.05) is 48.5 Å². The minimum atomic E-state index is 0.752. The second-order valence-corrected chi connectivity index (χ2v) is 8.31. The molecule has 0 fully saturated rings. The van der Waals surface area contributed by atoms with Crippen LogP contribution in [0.4, 0.5) is 0 Å². The molecule has 4 aromatic rings. The Labute approximate surface area is 199 Å². The smallest absolute Gasteiger partial charge is 0.0406 e. The molecule has 0 spiro atoms. The predicted octanol–water partition coefficient (Wildman–Crippen LogP) is 9.50. The van der Waals surface area contributed by atoms with E-state index in [0.29, 0.717) is 0 Å². The molecule has 0 amide bonds. The highest BCUT2D eigenvalue weighted by molar-refractivity contribution is 6.30.